The second-order valence-corrected chi connectivity index (χ2v) is 5.84. The molecule has 22 heavy (non-hydrogen) atoms. The van der Waals surface area contributed by atoms with Gasteiger partial charge in [0.05, 0.1) is 4.47 Å². The van der Waals surface area contributed by atoms with Crippen LogP contribution in [-0.4, -0.2) is 18.3 Å². The summed E-state index contributed by atoms with van der Waals surface area (Å²) in [5.74, 6) is 0.220. The van der Waals surface area contributed by atoms with Gasteiger partial charge >= 0.3 is 0 Å². The smallest absolute Gasteiger partial charge is 0.262 e. The molecule has 0 aliphatic rings. The first-order valence-electron chi connectivity index (χ1n) is 6.44. The molecule has 6 heteroatoms. The Balaban J connectivity index is 1.91. The molecule has 0 saturated carbocycles. The Kier molecular flexibility index (Phi) is 5.57. The average molecular weight is 383 g/mol. The fourth-order valence-corrected chi connectivity index (χ4v) is 2.52. The van der Waals surface area contributed by atoms with E-state index in [0.29, 0.717) is 26.5 Å². The Hall–Kier alpha value is -1.85. The van der Waals surface area contributed by atoms with Crippen LogP contribution >= 0.6 is 27.5 Å². The lowest BCUT2D eigenvalue weighted by Crippen LogP contribution is -2.20. The summed E-state index contributed by atoms with van der Waals surface area (Å²) in [6.45, 7) is 1.36. The van der Waals surface area contributed by atoms with Crippen molar-refractivity contribution in [3.8, 4) is 5.75 Å². The maximum atomic E-state index is 11.8. The molecule has 0 unspecified atom stereocenters. The van der Waals surface area contributed by atoms with Crippen LogP contribution in [0.2, 0.25) is 5.02 Å². The fraction of sp³-hybridized carbons (Fsp3) is 0.125. The number of Topliss-reactive ketones (excluding diaryl/α,β-unsaturated/α-hetero) is 1. The minimum atomic E-state index is -0.294. The molecule has 1 N–H and O–H groups in total. The summed E-state index contributed by atoms with van der Waals surface area (Å²) < 4.78 is 6.10. The summed E-state index contributed by atoms with van der Waals surface area (Å²) in [5.41, 5.74) is 1.20. The highest BCUT2D eigenvalue weighted by Gasteiger charge is 2.07. The average Bonchev–Trinajstić information content (AvgIpc) is 2.47. The van der Waals surface area contributed by atoms with E-state index in [2.05, 4.69) is 21.2 Å². The summed E-state index contributed by atoms with van der Waals surface area (Å²) in [5, 5.41) is 3.27. The molecule has 1 amide bonds. The predicted octanol–water partition coefficient (Wildman–Crippen LogP) is 4.32. The lowest BCUT2D eigenvalue weighted by atomic mass is 10.1. The molecule has 0 spiro atoms. The van der Waals surface area contributed by atoms with Gasteiger partial charge in [-0.3, -0.25) is 9.59 Å². The van der Waals surface area contributed by atoms with Gasteiger partial charge in [0, 0.05) is 16.3 Å². The number of carbonyl (C=O) groups is 2. The van der Waals surface area contributed by atoms with Crippen molar-refractivity contribution in [1.82, 2.24) is 0 Å². The molecule has 4 nitrogen and oxygen atoms in total. The van der Waals surface area contributed by atoms with Crippen LogP contribution in [0.1, 0.15) is 17.3 Å². The van der Waals surface area contributed by atoms with Gasteiger partial charge in [-0.15, -0.1) is 0 Å². The first-order chi connectivity index (χ1) is 10.5. The van der Waals surface area contributed by atoms with E-state index in [9.17, 15) is 9.59 Å². The van der Waals surface area contributed by atoms with E-state index < -0.39 is 0 Å². The molecule has 2 aromatic carbocycles. The largest absolute Gasteiger partial charge is 0.483 e. The zero-order valence-corrected chi connectivity index (χ0v) is 14.1. The van der Waals surface area contributed by atoms with Crippen LogP contribution < -0.4 is 10.1 Å². The third-order valence-electron chi connectivity index (χ3n) is 2.83. The van der Waals surface area contributed by atoms with Gasteiger partial charge in [0.15, 0.2) is 12.4 Å². The Labute approximate surface area is 141 Å². The maximum absolute atomic E-state index is 11.8. The second-order valence-electron chi connectivity index (χ2n) is 4.55. The Bertz CT molecular complexity index is 701. The number of nitrogens with one attached hydrogen (secondary N) is 1. The first kappa shape index (κ1) is 16.5. The zero-order valence-electron chi connectivity index (χ0n) is 11.7. The van der Waals surface area contributed by atoms with Crippen molar-refractivity contribution >= 4 is 44.9 Å². The van der Waals surface area contributed by atoms with Gasteiger partial charge in [0.1, 0.15) is 5.75 Å². The number of ketones is 1. The van der Waals surface area contributed by atoms with E-state index in [4.69, 9.17) is 16.3 Å². The summed E-state index contributed by atoms with van der Waals surface area (Å²) in [7, 11) is 0. The van der Waals surface area contributed by atoms with Crippen molar-refractivity contribution in [2.45, 2.75) is 6.92 Å². The number of benzene rings is 2. The third kappa shape index (κ3) is 4.58. The monoisotopic (exact) mass is 381 g/mol. The number of amides is 1. The van der Waals surface area contributed by atoms with E-state index in [1.165, 1.54) is 6.92 Å². The van der Waals surface area contributed by atoms with E-state index in [1.807, 2.05) is 0 Å². The zero-order chi connectivity index (χ0) is 16.1. The molecule has 0 fully saturated rings. The SMILES string of the molecule is CC(=O)c1ccc(NC(=O)COc2ccc(Cl)cc2Br)cc1. The van der Waals surface area contributed by atoms with Crippen molar-refractivity contribution in [1.29, 1.82) is 0 Å². The molecule has 0 aromatic heterocycles. The number of hydrogen-bond acceptors (Lipinski definition) is 3. The van der Waals surface area contributed by atoms with Crippen LogP contribution in [0.25, 0.3) is 0 Å². The van der Waals surface area contributed by atoms with Crippen LogP contribution in [0, 0.1) is 0 Å². The third-order valence-corrected chi connectivity index (χ3v) is 3.68. The molecule has 0 bridgehead atoms. The molecule has 0 aliphatic carbocycles. The molecular weight excluding hydrogens is 370 g/mol. The van der Waals surface area contributed by atoms with Crippen molar-refractivity contribution in [3.63, 3.8) is 0 Å². The van der Waals surface area contributed by atoms with Crippen LogP contribution in [0.5, 0.6) is 5.75 Å². The van der Waals surface area contributed by atoms with Crippen LogP contribution in [-0.2, 0) is 4.79 Å². The van der Waals surface area contributed by atoms with Gasteiger partial charge in [-0.1, -0.05) is 11.6 Å². The van der Waals surface area contributed by atoms with Crippen molar-refractivity contribution in [2.24, 2.45) is 0 Å². The van der Waals surface area contributed by atoms with Crippen LogP contribution in [0.15, 0.2) is 46.9 Å². The summed E-state index contributed by atoms with van der Waals surface area (Å²) in [4.78, 5) is 23.0. The fourth-order valence-electron chi connectivity index (χ4n) is 1.72. The lowest BCUT2D eigenvalue weighted by molar-refractivity contribution is -0.118. The standard InChI is InChI=1S/C16H13BrClNO3/c1-10(20)11-2-5-13(6-3-11)19-16(21)9-22-15-7-4-12(18)8-14(15)17/h2-8H,9H2,1H3,(H,19,21). The van der Waals surface area contributed by atoms with E-state index in [-0.39, 0.29) is 18.3 Å². The number of halogens is 2. The number of rotatable bonds is 5. The quantitative estimate of drug-likeness (QED) is 0.783. The number of carbonyl (C=O) groups excluding carboxylic acids is 2. The topological polar surface area (TPSA) is 55.4 Å². The highest BCUT2D eigenvalue weighted by molar-refractivity contribution is 9.10. The Morgan fingerprint density at radius 1 is 1.18 bits per heavy atom. The van der Waals surface area contributed by atoms with Gasteiger partial charge in [0.2, 0.25) is 0 Å². The number of hydrogen-bond donors (Lipinski definition) is 1. The van der Waals surface area contributed by atoms with Crippen molar-refractivity contribution in [3.05, 3.63) is 57.5 Å². The minimum Gasteiger partial charge on any atom is -0.483 e. The number of ether oxygens (including phenoxy) is 1. The van der Waals surface area contributed by atoms with E-state index in [1.54, 1.807) is 42.5 Å². The summed E-state index contributed by atoms with van der Waals surface area (Å²) in [6, 6.07) is 11.7. The molecule has 0 radical (unpaired) electrons. The van der Waals surface area contributed by atoms with Gasteiger partial charge in [-0.25, -0.2) is 0 Å². The molecule has 2 aromatic rings. The highest BCUT2D eigenvalue weighted by atomic mass is 79.9. The second kappa shape index (κ2) is 7.42. The van der Waals surface area contributed by atoms with Crippen LogP contribution in [0.4, 0.5) is 5.69 Å². The summed E-state index contributed by atoms with van der Waals surface area (Å²) in [6.07, 6.45) is 0. The lowest BCUT2D eigenvalue weighted by Gasteiger charge is -2.09. The van der Waals surface area contributed by atoms with Gasteiger partial charge in [-0.05, 0) is 65.3 Å². The molecule has 2 rings (SSSR count). The van der Waals surface area contributed by atoms with Crippen molar-refractivity contribution < 1.29 is 14.3 Å². The van der Waals surface area contributed by atoms with E-state index >= 15 is 0 Å². The molecule has 0 atom stereocenters. The van der Waals surface area contributed by atoms with Gasteiger partial charge in [0.25, 0.3) is 5.91 Å². The molecular formula is C16H13BrClNO3. The number of anilines is 1. The van der Waals surface area contributed by atoms with Crippen LogP contribution in [0.3, 0.4) is 0 Å². The van der Waals surface area contributed by atoms with Crippen molar-refractivity contribution in [2.75, 3.05) is 11.9 Å². The summed E-state index contributed by atoms with van der Waals surface area (Å²) >= 11 is 9.15. The van der Waals surface area contributed by atoms with E-state index in [0.717, 1.165) is 0 Å². The highest BCUT2D eigenvalue weighted by Crippen LogP contribution is 2.27. The van der Waals surface area contributed by atoms with Gasteiger partial charge in [-0.2, -0.15) is 0 Å². The Morgan fingerprint density at radius 2 is 1.86 bits per heavy atom. The van der Waals surface area contributed by atoms with Gasteiger partial charge < -0.3 is 10.1 Å². The molecule has 114 valence electrons. The minimum absolute atomic E-state index is 0.0196. The molecule has 0 heterocycles. The Morgan fingerprint density at radius 3 is 2.45 bits per heavy atom. The maximum Gasteiger partial charge on any atom is 0.262 e. The molecule has 0 saturated heterocycles. The predicted molar refractivity (Wildman–Crippen MR) is 89.7 cm³/mol. The molecule has 0 aliphatic heterocycles. The first-order valence-corrected chi connectivity index (χ1v) is 7.61. The normalized spacial score (nSPS) is 10.1.